The maximum Gasteiger partial charge on any atom is 0.135 e. The molecule has 0 atom stereocenters. The molecular weight excluding hydrogens is 655 g/mol. The van der Waals surface area contributed by atoms with Crippen molar-refractivity contribution in [1.82, 2.24) is 0 Å². The summed E-state index contributed by atoms with van der Waals surface area (Å²) in [6.45, 7) is 0. The molecule has 0 aliphatic rings. The lowest BCUT2D eigenvalue weighted by Gasteiger charge is -2.26. The molecule has 0 aliphatic carbocycles. The minimum absolute atomic E-state index is 0.882. The number of furan rings is 1. The van der Waals surface area contributed by atoms with Crippen LogP contribution >= 0.6 is 0 Å². The zero-order valence-electron chi connectivity index (χ0n) is 29.6. The fraction of sp³-hybridized carbons (Fsp3) is 0. The molecule has 2 nitrogen and oxygen atoms in total. The van der Waals surface area contributed by atoms with E-state index in [1.165, 1.54) is 49.7 Å². The highest BCUT2D eigenvalue weighted by atomic mass is 16.3. The van der Waals surface area contributed by atoms with Crippen LogP contribution in [0.5, 0.6) is 0 Å². The molecule has 0 saturated heterocycles. The molecule has 9 aromatic carbocycles. The standard InChI is InChI=1S/C52H35NO/c1-2-11-36(12-3-1)40-15-8-17-42(31-40)44-19-10-20-47(34-44)53(48-29-30-52-50(35-48)49-21-6-7-22-51(49)54-52)46-27-25-38(26-28-46)41-16-9-18-43(32-41)45-24-23-37-13-4-5-14-39(37)33-45/h1-35H. The van der Waals surface area contributed by atoms with Gasteiger partial charge in [-0.1, -0.05) is 146 Å². The van der Waals surface area contributed by atoms with Crippen LogP contribution in [0.1, 0.15) is 0 Å². The Bertz CT molecular complexity index is 2940. The third-order valence-electron chi connectivity index (χ3n) is 10.4. The summed E-state index contributed by atoms with van der Waals surface area (Å²) >= 11 is 0. The van der Waals surface area contributed by atoms with E-state index in [1.54, 1.807) is 0 Å². The molecule has 2 heteroatoms. The van der Waals surface area contributed by atoms with Gasteiger partial charge in [0, 0.05) is 27.8 Å². The predicted molar refractivity (Wildman–Crippen MR) is 228 cm³/mol. The van der Waals surface area contributed by atoms with Crippen molar-refractivity contribution in [1.29, 1.82) is 0 Å². The molecule has 0 aliphatic heterocycles. The van der Waals surface area contributed by atoms with Gasteiger partial charge in [0.1, 0.15) is 11.2 Å². The van der Waals surface area contributed by atoms with Gasteiger partial charge in [0.2, 0.25) is 0 Å². The molecule has 10 aromatic rings. The van der Waals surface area contributed by atoms with Gasteiger partial charge in [0.25, 0.3) is 0 Å². The Morgan fingerprint density at radius 1 is 0.259 bits per heavy atom. The highest BCUT2D eigenvalue weighted by molar-refractivity contribution is 6.06. The number of rotatable bonds is 7. The molecule has 0 N–H and O–H groups in total. The number of benzene rings is 9. The Morgan fingerprint density at radius 2 is 0.759 bits per heavy atom. The molecule has 0 amide bonds. The van der Waals surface area contributed by atoms with Crippen molar-refractivity contribution >= 4 is 49.8 Å². The van der Waals surface area contributed by atoms with E-state index < -0.39 is 0 Å². The molecule has 1 aromatic heterocycles. The monoisotopic (exact) mass is 689 g/mol. The first kappa shape index (κ1) is 31.6. The lowest BCUT2D eigenvalue weighted by atomic mass is 9.97. The van der Waals surface area contributed by atoms with Crippen molar-refractivity contribution in [2.24, 2.45) is 0 Å². The quantitative estimate of drug-likeness (QED) is 0.166. The Balaban J connectivity index is 1.05. The van der Waals surface area contributed by atoms with Crippen LogP contribution in [0.2, 0.25) is 0 Å². The van der Waals surface area contributed by atoms with Crippen LogP contribution in [0.3, 0.4) is 0 Å². The van der Waals surface area contributed by atoms with E-state index in [-0.39, 0.29) is 0 Å². The normalized spacial score (nSPS) is 11.3. The summed E-state index contributed by atoms with van der Waals surface area (Å²) in [7, 11) is 0. The van der Waals surface area contributed by atoms with Gasteiger partial charge >= 0.3 is 0 Å². The largest absolute Gasteiger partial charge is 0.456 e. The van der Waals surface area contributed by atoms with Gasteiger partial charge in [-0.25, -0.2) is 0 Å². The van der Waals surface area contributed by atoms with Crippen LogP contribution in [0.25, 0.3) is 77.2 Å². The zero-order valence-corrected chi connectivity index (χ0v) is 29.6. The van der Waals surface area contributed by atoms with E-state index in [0.29, 0.717) is 0 Å². The molecule has 0 unspecified atom stereocenters. The summed E-state index contributed by atoms with van der Waals surface area (Å²) in [6.07, 6.45) is 0. The van der Waals surface area contributed by atoms with Gasteiger partial charge in [-0.3, -0.25) is 0 Å². The SMILES string of the molecule is c1ccc(-c2cccc(-c3cccc(N(c4ccc(-c5cccc(-c6ccc7ccccc7c6)c5)cc4)c4ccc5oc6ccccc6c5c4)c3)c2)cc1. The summed E-state index contributed by atoms with van der Waals surface area (Å²) in [5, 5.41) is 4.72. The zero-order chi connectivity index (χ0) is 35.8. The number of fused-ring (bicyclic) bond motifs is 4. The lowest BCUT2D eigenvalue weighted by Crippen LogP contribution is -2.10. The van der Waals surface area contributed by atoms with E-state index >= 15 is 0 Å². The maximum absolute atomic E-state index is 6.23. The summed E-state index contributed by atoms with van der Waals surface area (Å²) in [4.78, 5) is 2.35. The summed E-state index contributed by atoms with van der Waals surface area (Å²) in [5.74, 6) is 0. The first-order valence-corrected chi connectivity index (χ1v) is 18.4. The van der Waals surface area contributed by atoms with Crippen molar-refractivity contribution in [3.8, 4) is 44.5 Å². The fourth-order valence-electron chi connectivity index (χ4n) is 7.68. The molecule has 0 radical (unpaired) electrons. The lowest BCUT2D eigenvalue weighted by molar-refractivity contribution is 0.669. The molecule has 254 valence electrons. The van der Waals surface area contributed by atoms with Gasteiger partial charge in [-0.05, 0) is 122 Å². The van der Waals surface area contributed by atoms with Crippen LogP contribution in [0.15, 0.2) is 217 Å². The van der Waals surface area contributed by atoms with E-state index in [1.807, 2.05) is 12.1 Å². The van der Waals surface area contributed by atoms with E-state index in [4.69, 9.17) is 4.42 Å². The third kappa shape index (κ3) is 5.90. The molecule has 0 fully saturated rings. The van der Waals surface area contributed by atoms with E-state index in [0.717, 1.165) is 44.6 Å². The molecule has 10 rings (SSSR count). The van der Waals surface area contributed by atoms with Crippen molar-refractivity contribution < 1.29 is 4.42 Å². The predicted octanol–water partition coefficient (Wildman–Crippen LogP) is 14.9. The second-order valence-electron chi connectivity index (χ2n) is 13.8. The number of nitrogens with zero attached hydrogens (tertiary/aromatic N) is 1. The molecule has 0 spiro atoms. The highest BCUT2D eigenvalue weighted by Gasteiger charge is 2.17. The highest BCUT2D eigenvalue weighted by Crippen LogP contribution is 2.41. The van der Waals surface area contributed by atoms with Crippen LogP contribution in [-0.4, -0.2) is 0 Å². The molecule has 0 saturated carbocycles. The Morgan fingerprint density at radius 3 is 1.52 bits per heavy atom. The molecule has 54 heavy (non-hydrogen) atoms. The van der Waals surface area contributed by atoms with Gasteiger partial charge in [0.15, 0.2) is 0 Å². The van der Waals surface area contributed by atoms with Gasteiger partial charge in [-0.15, -0.1) is 0 Å². The second kappa shape index (κ2) is 13.4. The van der Waals surface area contributed by atoms with Gasteiger partial charge in [-0.2, -0.15) is 0 Å². The maximum atomic E-state index is 6.23. The Kier molecular flexibility index (Phi) is 7.85. The van der Waals surface area contributed by atoms with Crippen LogP contribution < -0.4 is 4.90 Å². The van der Waals surface area contributed by atoms with Crippen molar-refractivity contribution in [3.63, 3.8) is 0 Å². The van der Waals surface area contributed by atoms with Crippen molar-refractivity contribution in [2.75, 3.05) is 4.90 Å². The molecule has 0 bridgehead atoms. The number of hydrogen-bond acceptors (Lipinski definition) is 2. The summed E-state index contributed by atoms with van der Waals surface area (Å²) in [6, 6.07) is 76.0. The fourth-order valence-corrected chi connectivity index (χ4v) is 7.68. The Labute approximate surface area is 314 Å². The van der Waals surface area contributed by atoms with Crippen LogP contribution in [-0.2, 0) is 0 Å². The number of anilines is 3. The van der Waals surface area contributed by atoms with Crippen molar-refractivity contribution in [2.45, 2.75) is 0 Å². The first-order valence-electron chi connectivity index (χ1n) is 18.4. The third-order valence-corrected chi connectivity index (χ3v) is 10.4. The van der Waals surface area contributed by atoms with Crippen LogP contribution in [0.4, 0.5) is 17.1 Å². The minimum atomic E-state index is 0.882. The number of hydrogen-bond donors (Lipinski definition) is 0. The van der Waals surface area contributed by atoms with E-state index in [9.17, 15) is 0 Å². The minimum Gasteiger partial charge on any atom is -0.456 e. The van der Waals surface area contributed by atoms with Gasteiger partial charge < -0.3 is 9.32 Å². The Hall–Kier alpha value is -7.16. The van der Waals surface area contributed by atoms with Gasteiger partial charge in [0.05, 0.1) is 0 Å². The summed E-state index contributed by atoms with van der Waals surface area (Å²) in [5.41, 5.74) is 14.5. The van der Waals surface area contributed by atoms with Crippen LogP contribution in [0, 0.1) is 0 Å². The first-order chi connectivity index (χ1) is 26.7. The second-order valence-corrected chi connectivity index (χ2v) is 13.8. The van der Waals surface area contributed by atoms with E-state index in [2.05, 4.69) is 205 Å². The number of para-hydroxylation sites is 1. The smallest absolute Gasteiger partial charge is 0.135 e. The molecular formula is C52H35NO. The average Bonchev–Trinajstić information content (AvgIpc) is 3.62. The average molecular weight is 690 g/mol. The molecule has 1 heterocycles. The van der Waals surface area contributed by atoms with Crippen molar-refractivity contribution in [3.05, 3.63) is 212 Å². The topological polar surface area (TPSA) is 16.4 Å². The summed E-state index contributed by atoms with van der Waals surface area (Å²) < 4.78 is 6.23.